The van der Waals surface area contributed by atoms with Gasteiger partial charge in [0.05, 0.1) is 0 Å². The van der Waals surface area contributed by atoms with E-state index in [1.807, 2.05) is 0 Å². The molecule has 22 heavy (non-hydrogen) atoms. The standard InChI is InChI=1S/C14H19F3N2O2S/c1-13(2,3)21-12(20)19-8-11(18)9-4-6-10(7-5-9)22-14(15,16)17/h4-7,11H,8,18H2,1-3H3,(H,19,20). The van der Waals surface area contributed by atoms with Crippen molar-refractivity contribution in [2.24, 2.45) is 5.73 Å². The fourth-order valence-corrected chi connectivity index (χ4v) is 2.08. The average Bonchev–Trinajstić information content (AvgIpc) is 2.33. The van der Waals surface area contributed by atoms with E-state index in [1.165, 1.54) is 24.3 Å². The van der Waals surface area contributed by atoms with Gasteiger partial charge in [0.15, 0.2) is 0 Å². The molecule has 0 aliphatic rings. The highest BCUT2D eigenvalue weighted by Crippen LogP contribution is 2.36. The summed E-state index contributed by atoms with van der Waals surface area (Å²) in [6.45, 7) is 5.34. The predicted molar refractivity (Wildman–Crippen MR) is 79.5 cm³/mol. The van der Waals surface area contributed by atoms with Crippen molar-refractivity contribution in [3.63, 3.8) is 0 Å². The van der Waals surface area contributed by atoms with Crippen LogP contribution in [0.3, 0.4) is 0 Å². The molecule has 0 fully saturated rings. The first-order valence-electron chi connectivity index (χ1n) is 6.54. The van der Waals surface area contributed by atoms with E-state index in [1.54, 1.807) is 20.8 Å². The van der Waals surface area contributed by atoms with Crippen molar-refractivity contribution in [3.05, 3.63) is 29.8 Å². The molecule has 0 heterocycles. The fraction of sp³-hybridized carbons (Fsp3) is 0.500. The number of rotatable bonds is 4. The maximum Gasteiger partial charge on any atom is 0.446 e. The van der Waals surface area contributed by atoms with Crippen LogP contribution < -0.4 is 11.1 Å². The summed E-state index contributed by atoms with van der Waals surface area (Å²) >= 11 is -0.185. The number of ether oxygens (including phenoxy) is 1. The lowest BCUT2D eigenvalue weighted by molar-refractivity contribution is -0.0328. The van der Waals surface area contributed by atoms with Crippen molar-refractivity contribution in [2.75, 3.05) is 6.54 Å². The zero-order chi connectivity index (χ0) is 17.0. The van der Waals surface area contributed by atoms with Gasteiger partial charge in [-0.2, -0.15) is 13.2 Å². The molecule has 0 aliphatic heterocycles. The first-order valence-corrected chi connectivity index (χ1v) is 7.36. The van der Waals surface area contributed by atoms with Gasteiger partial charge in [0, 0.05) is 17.5 Å². The lowest BCUT2D eigenvalue weighted by Crippen LogP contribution is -2.36. The molecule has 124 valence electrons. The van der Waals surface area contributed by atoms with Gasteiger partial charge in [0.2, 0.25) is 0 Å². The van der Waals surface area contributed by atoms with Crippen molar-refractivity contribution in [1.29, 1.82) is 0 Å². The van der Waals surface area contributed by atoms with Crippen molar-refractivity contribution >= 4 is 17.9 Å². The van der Waals surface area contributed by atoms with E-state index in [0.717, 1.165) is 0 Å². The molecule has 0 radical (unpaired) electrons. The van der Waals surface area contributed by atoms with Crippen molar-refractivity contribution in [3.8, 4) is 0 Å². The molecule has 0 saturated heterocycles. The largest absolute Gasteiger partial charge is 0.446 e. The normalized spacial score (nSPS) is 13.6. The van der Waals surface area contributed by atoms with Crippen molar-refractivity contribution in [1.82, 2.24) is 5.32 Å². The molecule has 0 saturated carbocycles. The fourth-order valence-electron chi connectivity index (χ4n) is 1.54. The number of nitrogens with two attached hydrogens (primary N) is 1. The van der Waals surface area contributed by atoms with Gasteiger partial charge in [0.25, 0.3) is 0 Å². The molecule has 1 rings (SSSR count). The molecule has 0 spiro atoms. The Hall–Kier alpha value is -1.41. The highest BCUT2D eigenvalue weighted by molar-refractivity contribution is 8.00. The average molecular weight is 336 g/mol. The van der Waals surface area contributed by atoms with Crippen molar-refractivity contribution < 1.29 is 22.7 Å². The van der Waals surface area contributed by atoms with E-state index < -0.39 is 23.2 Å². The molecule has 0 bridgehead atoms. The number of alkyl halides is 3. The number of alkyl carbamates (subject to hydrolysis) is 1. The highest BCUT2D eigenvalue weighted by atomic mass is 32.2. The number of carbonyl (C=O) groups is 1. The molecule has 1 aromatic carbocycles. The van der Waals surface area contributed by atoms with Crippen LogP contribution >= 0.6 is 11.8 Å². The highest BCUT2D eigenvalue weighted by Gasteiger charge is 2.29. The van der Waals surface area contributed by atoms with E-state index in [4.69, 9.17) is 10.5 Å². The summed E-state index contributed by atoms with van der Waals surface area (Å²) in [5.41, 5.74) is 1.59. The van der Waals surface area contributed by atoms with Gasteiger partial charge in [-0.3, -0.25) is 0 Å². The zero-order valence-electron chi connectivity index (χ0n) is 12.5. The second-order valence-electron chi connectivity index (χ2n) is 5.61. The molecule has 8 heteroatoms. The molecule has 1 unspecified atom stereocenters. The SMILES string of the molecule is CC(C)(C)OC(=O)NCC(N)c1ccc(SC(F)(F)F)cc1. The predicted octanol–water partition coefficient (Wildman–Crippen LogP) is 3.82. The number of halogens is 3. The Bertz CT molecular complexity index is 498. The Kier molecular flexibility index (Phi) is 6.13. The molecule has 1 aromatic rings. The maximum absolute atomic E-state index is 12.2. The molecule has 1 atom stereocenters. The summed E-state index contributed by atoms with van der Waals surface area (Å²) in [4.78, 5) is 11.6. The maximum atomic E-state index is 12.2. The summed E-state index contributed by atoms with van der Waals surface area (Å²) < 4.78 is 41.7. The third-order valence-corrected chi connectivity index (χ3v) is 3.15. The van der Waals surface area contributed by atoms with Crippen LogP contribution in [0.2, 0.25) is 0 Å². The number of hydrogen-bond acceptors (Lipinski definition) is 4. The van der Waals surface area contributed by atoms with Crippen LogP contribution in [0.15, 0.2) is 29.2 Å². The second-order valence-corrected chi connectivity index (χ2v) is 6.74. The topological polar surface area (TPSA) is 64.3 Å². The van der Waals surface area contributed by atoms with Crippen LogP contribution in [0.4, 0.5) is 18.0 Å². The summed E-state index contributed by atoms with van der Waals surface area (Å²) in [5.74, 6) is 0. The van der Waals surface area contributed by atoms with E-state index in [2.05, 4.69) is 5.32 Å². The molecular weight excluding hydrogens is 317 g/mol. The minimum atomic E-state index is -4.32. The number of hydrogen-bond donors (Lipinski definition) is 2. The van der Waals surface area contributed by atoms with Gasteiger partial charge in [-0.25, -0.2) is 4.79 Å². The Morgan fingerprint density at radius 2 is 1.82 bits per heavy atom. The Morgan fingerprint density at radius 1 is 1.27 bits per heavy atom. The third-order valence-electron chi connectivity index (χ3n) is 2.41. The number of carbonyl (C=O) groups excluding carboxylic acids is 1. The van der Waals surface area contributed by atoms with E-state index >= 15 is 0 Å². The molecule has 0 aliphatic carbocycles. The van der Waals surface area contributed by atoms with E-state index in [0.29, 0.717) is 5.56 Å². The number of amides is 1. The number of benzene rings is 1. The lowest BCUT2D eigenvalue weighted by atomic mass is 10.1. The first kappa shape index (κ1) is 18.6. The zero-order valence-corrected chi connectivity index (χ0v) is 13.3. The van der Waals surface area contributed by atoms with Gasteiger partial charge >= 0.3 is 11.6 Å². The van der Waals surface area contributed by atoms with Crippen LogP contribution in [-0.4, -0.2) is 23.7 Å². The minimum absolute atomic E-state index is 0.0866. The number of thioether (sulfide) groups is 1. The molecule has 4 nitrogen and oxygen atoms in total. The summed E-state index contributed by atoms with van der Waals surface area (Å²) in [7, 11) is 0. The molecule has 0 aromatic heterocycles. The Labute approximate surface area is 131 Å². The lowest BCUT2D eigenvalue weighted by Gasteiger charge is -2.21. The van der Waals surface area contributed by atoms with Crippen molar-refractivity contribution in [2.45, 2.75) is 42.8 Å². The van der Waals surface area contributed by atoms with E-state index in [-0.39, 0.29) is 23.2 Å². The van der Waals surface area contributed by atoms with Gasteiger partial charge < -0.3 is 15.8 Å². The quantitative estimate of drug-likeness (QED) is 0.821. The van der Waals surface area contributed by atoms with Crippen LogP contribution in [-0.2, 0) is 4.74 Å². The van der Waals surface area contributed by atoms with Gasteiger partial charge in [0.1, 0.15) is 5.60 Å². The van der Waals surface area contributed by atoms with Gasteiger partial charge in [-0.15, -0.1) is 0 Å². The minimum Gasteiger partial charge on any atom is -0.444 e. The van der Waals surface area contributed by atoms with Crippen LogP contribution in [0.5, 0.6) is 0 Å². The number of nitrogens with one attached hydrogen (secondary N) is 1. The molecule has 1 amide bonds. The summed E-state index contributed by atoms with van der Waals surface area (Å²) in [6, 6.07) is 5.18. The summed E-state index contributed by atoms with van der Waals surface area (Å²) in [6.07, 6.45) is -0.591. The van der Waals surface area contributed by atoms with Gasteiger partial charge in [-0.1, -0.05) is 12.1 Å². The van der Waals surface area contributed by atoms with Gasteiger partial charge in [-0.05, 0) is 50.2 Å². The molecular formula is C14H19F3N2O2S. The summed E-state index contributed by atoms with van der Waals surface area (Å²) in [5, 5.41) is 2.52. The smallest absolute Gasteiger partial charge is 0.444 e. The van der Waals surface area contributed by atoms with Crippen LogP contribution in [0.1, 0.15) is 32.4 Å². The second kappa shape index (κ2) is 7.23. The Morgan fingerprint density at radius 3 is 2.27 bits per heavy atom. The first-order chi connectivity index (χ1) is 9.96. The monoisotopic (exact) mass is 336 g/mol. The Balaban J connectivity index is 2.52. The van der Waals surface area contributed by atoms with Crippen LogP contribution in [0.25, 0.3) is 0 Å². The third kappa shape index (κ3) is 7.56. The van der Waals surface area contributed by atoms with Crippen LogP contribution in [0, 0.1) is 0 Å². The molecule has 3 N–H and O–H groups in total. The van der Waals surface area contributed by atoms with E-state index in [9.17, 15) is 18.0 Å².